The topological polar surface area (TPSA) is 92.1 Å². The minimum Gasteiger partial charge on any atom is -0.293 e. The predicted octanol–water partition coefficient (Wildman–Crippen LogP) is 2.34. The van der Waals surface area contributed by atoms with Gasteiger partial charge in [0.25, 0.3) is 0 Å². The standard InChI is InChI=1S/C20H21N7O/c1-12-6-23-27-10-16(14-7-22-25(3)9-14)24-18(17(12)27)26-8-13(2)20(11-21,19(26)28)15-4-5-15/h6-7,9-10,13,15H,4-5,8H2,1-3H3/t13-,20+/m1/s1. The predicted molar refractivity (Wildman–Crippen MR) is 102 cm³/mol. The molecule has 1 aliphatic heterocycles. The van der Waals surface area contributed by atoms with Crippen LogP contribution in [-0.4, -0.2) is 36.8 Å². The largest absolute Gasteiger partial charge is 0.293 e. The highest BCUT2D eigenvalue weighted by atomic mass is 16.2. The second kappa shape index (κ2) is 5.64. The lowest BCUT2D eigenvalue weighted by Gasteiger charge is -2.23. The van der Waals surface area contributed by atoms with Crippen molar-refractivity contribution >= 4 is 17.2 Å². The van der Waals surface area contributed by atoms with Crippen LogP contribution in [0.3, 0.4) is 0 Å². The quantitative estimate of drug-likeness (QED) is 0.701. The molecule has 0 bridgehead atoms. The molecule has 0 radical (unpaired) electrons. The summed E-state index contributed by atoms with van der Waals surface area (Å²) in [6.45, 7) is 4.46. The Morgan fingerprint density at radius 3 is 2.68 bits per heavy atom. The molecule has 3 aromatic heterocycles. The Balaban J connectivity index is 1.69. The molecule has 8 heteroatoms. The number of anilines is 1. The van der Waals surface area contributed by atoms with Crippen molar-refractivity contribution in [1.82, 2.24) is 24.4 Å². The third-order valence-electron chi connectivity index (χ3n) is 6.16. The van der Waals surface area contributed by atoms with Crippen LogP contribution < -0.4 is 4.90 Å². The van der Waals surface area contributed by atoms with E-state index in [0.717, 1.165) is 29.5 Å². The van der Waals surface area contributed by atoms with Crippen molar-refractivity contribution in [2.45, 2.75) is 26.7 Å². The second-order valence-electron chi connectivity index (χ2n) is 8.05. The number of rotatable bonds is 3. The van der Waals surface area contributed by atoms with Crippen LogP contribution in [0.2, 0.25) is 0 Å². The van der Waals surface area contributed by atoms with Crippen LogP contribution in [0.5, 0.6) is 0 Å². The van der Waals surface area contributed by atoms with E-state index in [1.165, 1.54) is 0 Å². The van der Waals surface area contributed by atoms with Gasteiger partial charge in [0.1, 0.15) is 10.9 Å². The summed E-state index contributed by atoms with van der Waals surface area (Å²) in [4.78, 5) is 20.0. The highest BCUT2D eigenvalue weighted by molar-refractivity contribution is 6.04. The molecule has 4 heterocycles. The third kappa shape index (κ3) is 2.16. The SMILES string of the molecule is Cc1cnn2cc(-c3cnn(C)c3)nc(N3C[C@@H](C)[C@@](C#N)(C4CC4)C3=O)c12. The molecular formula is C20H21N7O. The minimum atomic E-state index is -0.934. The molecule has 0 N–H and O–H groups in total. The number of hydrogen-bond acceptors (Lipinski definition) is 5. The zero-order valence-corrected chi connectivity index (χ0v) is 16.1. The van der Waals surface area contributed by atoms with Gasteiger partial charge in [-0.3, -0.25) is 14.4 Å². The summed E-state index contributed by atoms with van der Waals surface area (Å²) in [5.41, 5.74) is 2.36. The van der Waals surface area contributed by atoms with Crippen molar-refractivity contribution in [3.63, 3.8) is 0 Å². The Kier molecular flexibility index (Phi) is 3.41. The minimum absolute atomic E-state index is 0.0374. The van der Waals surface area contributed by atoms with Gasteiger partial charge in [-0.1, -0.05) is 6.92 Å². The molecule has 1 saturated carbocycles. The van der Waals surface area contributed by atoms with E-state index in [4.69, 9.17) is 4.98 Å². The van der Waals surface area contributed by atoms with E-state index in [2.05, 4.69) is 16.3 Å². The van der Waals surface area contributed by atoms with Crippen molar-refractivity contribution < 1.29 is 4.79 Å². The lowest BCUT2D eigenvalue weighted by Crippen LogP contribution is -2.37. The Morgan fingerprint density at radius 2 is 2.04 bits per heavy atom. The van der Waals surface area contributed by atoms with Crippen LogP contribution in [0.15, 0.2) is 24.8 Å². The average Bonchev–Trinajstić information content (AvgIpc) is 3.25. The fraction of sp³-hybridized carbons (Fsp3) is 0.450. The molecule has 1 amide bonds. The first kappa shape index (κ1) is 16.9. The number of aryl methyl sites for hydroxylation is 2. The van der Waals surface area contributed by atoms with E-state index in [0.29, 0.717) is 18.1 Å². The van der Waals surface area contributed by atoms with E-state index in [1.54, 1.807) is 26.5 Å². The molecule has 2 atom stereocenters. The molecule has 2 aliphatic rings. The second-order valence-corrected chi connectivity index (χ2v) is 8.05. The van der Waals surface area contributed by atoms with Gasteiger partial charge in [0.05, 0.1) is 30.4 Å². The van der Waals surface area contributed by atoms with Gasteiger partial charge in [-0.25, -0.2) is 9.50 Å². The van der Waals surface area contributed by atoms with Crippen LogP contribution in [-0.2, 0) is 11.8 Å². The van der Waals surface area contributed by atoms with Gasteiger partial charge in [0.15, 0.2) is 5.82 Å². The molecule has 0 unspecified atom stereocenters. The first-order chi connectivity index (χ1) is 13.5. The zero-order chi connectivity index (χ0) is 19.6. The molecule has 8 nitrogen and oxygen atoms in total. The maximum Gasteiger partial charge on any atom is 0.249 e. The number of nitriles is 1. The van der Waals surface area contributed by atoms with Gasteiger partial charge in [-0.15, -0.1) is 0 Å². The summed E-state index contributed by atoms with van der Waals surface area (Å²) in [6.07, 6.45) is 9.14. The summed E-state index contributed by atoms with van der Waals surface area (Å²) < 4.78 is 3.48. The Hall–Kier alpha value is -3.21. The van der Waals surface area contributed by atoms with Crippen molar-refractivity contribution in [1.29, 1.82) is 5.26 Å². The van der Waals surface area contributed by atoms with Crippen molar-refractivity contribution in [2.24, 2.45) is 24.3 Å². The lowest BCUT2D eigenvalue weighted by atomic mass is 9.75. The summed E-state index contributed by atoms with van der Waals surface area (Å²) in [5, 5.41) is 18.6. The van der Waals surface area contributed by atoms with Gasteiger partial charge >= 0.3 is 0 Å². The number of carbonyl (C=O) groups is 1. The van der Waals surface area contributed by atoms with Gasteiger partial charge in [-0.05, 0) is 31.2 Å². The summed E-state index contributed by atoms with van der Waals surface area (Å²) in [7, 11) is 1.85. The van der Waals surface area contributed by atoms with Gasteiger partial charge in [0, 0.05) is 31.3 Å². The van der Waals surface area contributed by atoms with Crippen molar-refractivity contribution in [3.8, 4) is 17.3 Å². The average molecular weight is 375 g/mol. The van der Waals surface area contributed by atoms with Gasteiger partial charge in [-0.2, -0.15) is 15.5 Å². The van der Waals surface area contributed by atoms with Crippen LogP contribution in [0, 0.1) is 35.5 Å². The molecule has 28 heavy (non-hydrogen) atoms. The number of carbonyl (C=O) groups excluding carboxylic acids is 1. The fourth-order valence-corrected chi connectivity index (χ4v) is 4.50. The lowest BCUT2D eigenvalue weighted by molar-refractivity contribution is -0.124. The Bertz CT molecular complexity index is 1150. The molecule has 0 aromatic carbocycles. The van der Waals surface area contributed by atoms with Crippen molar-refractivity contribution in [3.05, 3.63) is 30.4 Å². The molecule has 1 aliphatic carbocycles. The highest BCUT2D eigenvalue weighted by Gasteiger charge is 2.61. The molecule has 0 spiro atoms. The van der Waals surface area contributed by atoms with Crippen LogP contribution in [0.25, 0.3) is 16.8 Å². The summed E-state index contributed by atoms with van der Waals surface area (Å²) >= 11 is 0. The van der Waals surface area contributed by atoms with E-state index >= 15 is 0 Å². The first-order valence-corrected chi connectivity index (χ1v) is 9.53. The van der Waals surface area contributed by atoms with Crippen LogP contribution in [0.1, 0.15) is 25.3 Å². The summed E-state index contributed by atoms with van der Waals surface area (Å²) in [6, 6.07) is 2.39. The van der Waals surface area contributed by atoms with Crippen LogP contribution >= 0.6 is 0 Å². The van der Waals surface area contributed by atoms with Crippen LogP contribution in [0.4, 0.5) is 5.82 Å². The molecule has 1 saturated heterocycles. The van der Waals surface area contributed by atoms with Gasteiger partial charge < -0.3 is 0 Å². The summed E-state index contributed by atoms with van der Waals surface area (Å²) in [5.74, 6) is 0.576. The van der Waals surface area contributed by atoms with E-state index in [-0.39, 0.29) is 17.7 Å². The first-order valence-electron chi connectivity index (χ1n) is 9.53. The molecule has 3 aromatic rings. The molecular weight excluding hydrogens is 354 g/mol. The molecule has 2 fully saturated rings. The third-order valence-corrected chi connectivity index (χ3v) is 6.16. The van der Waals surface area contributed by atoms with E-state index in [1.807, 2.05) is 33.3 Å². The van der Waals surface area contributed by atoms with Crippen molar-refractivity contribution in [2.75, 3.05) is 11.4 Å². The number of aromatic nitrogens is 5. The number of amides is 1. The maximum absolute atomic E-state index is 13.5. The smallest absolute Gasteiger partial charge is 0.249 e. The Labute approximate surface area is 162 Å². The zero-order valence-electron chi connectivity index (χ0n) is 16.1. The maximum atomic E-state index is 13.5. The normalized spacial score (nSPS) is 24.9. The van der Waals surface area contributed by atoms with Gasteiger partial charge in [0.2, 0.25) is 5.91 Å². The van der Waals surface area contributed by atoms with E-state index < -0.39 is 5.41 Å². The monoisotopic (exact) mass is 375 g/mol. The highest BCUT2D eigenvalue weighted by Crippen LogP contribution is 2.54. The number of hydrogen-bond donors (Lipinski definition) is 0. The number of fused-ring (bicyclic) bond motifs is 1. The fourth-order valence-electron chi connectivity index (χ4n) is 4.50. The Morgan fingerprint density at radius 1 is 1.25 bits per heavy atom. The van der Waals surface area contributed by atoms with E-state index in [9.17, 15) is 10.1 Å². The number of nitrogens with zero attached hydrogens (tertiary/aromatic N) is 7. The molecule has 142 valence electrons. The molecule has 5 rings (SSSR count).